The lowest BCUT2D eigenvalue weighted by atomic mass is 9.95. The number of rotatable bonds is 7. The summed E-state index contributed by atoms with van der Waals surface area (Å²) in [5, 5.41) is 0. The number of carbonyl (C=O) groups excluding carboxylic acids is 1. The van der Waals surface area contributed by atoms with Gasteiger partial charge in [0.1, 0.15) is 5.84 Å². The third-order valence-corrected chi connectivity index (χ3v) is 4.71. The van der Waals surface area contributed by atoms with Gasteiger partial charge >= 0.3 is 0 Å². The molecule has 2 heterocycles. The Kier molecular flexibility index (Phi) is 4.94. The van der Waals surface area contributed by atoms with Gasteiger partial charge in [-0.05, 0) is 30.9 Å². The SMILES string of the molecule is CCCCCCC1=C2Cc3ccccc3N=C2N(CCC)C1=O. The van der Waals surface area contributed by atoms with Crippen LogP contribution >= 0.6 is 0 Å². The number of amides is 1. The van der Waals surface area contributed by atoms with Crippen LogP contribution in [0.1, 0.15) is 57.9 Å². The first kappa shape index (κ1) is 16.0. The quantitative estimate of drug-likeness (QED) is 0.666. The fourth-order valence-corrected chi connectivity index (χ4v) is 3.49. The van der Waals surface area contributed by atoms with Crippen molar-refractivity contribution in [3.05, 3.63) is 41.0 Å². The molecule has 1 aromatic rings. The van der Waals surface area contributed by atoms with Crippen LogP contribution in [-0.2, 0) is 11.2 Å². The van der Waals surface area contributed by atoms with Crippen LogP contribution in [0.25, 0.3) is 0 Å². The normalized spacial score (nSPS) is 16.5. The van der Waals surface area contributed by atoms with Crippen molar-refractivity contribution in [1.29, 1.82) is 0 Å². The Bertz CT molecular complexity index is 657. The number of aliphatic imine (C=N–C) groups is 1. The molecule has 0 bridgehead atoms. The highest BCUT2D eigenvalue weighted by atomic mass is 16.2. The Hall–Kier alpha value is -1.90. The number of hydrogen-bond acceptors (Lipinski definition) is 2. The zero-order valence-corrected chi connectivity index (χ0v) is 14.3. The van der Waals surface area contributed by atoms with Crippen molar-refractivity contribution in [3.8, 4) is 0 Å². The summed E-state index contributed by atoms with van der Waals surface area (Å²) in [7, 11) is 0. The second-order valence-corrected chi connectivity index (χ2v) is 6.47. The first-order valence-corrected chi connectivity index (χ1v) is 8.97. The average molecular weight is 310 g/mol. The van der Waals surface area contributed by atoms with Gasteiger partial charge in [-0.25, -0.2) is 4.99 Å². The van der Waals surface area contributed by atoms with Crippen molar-refractivity contribution >= 4 is 17.4 Å². The van der Waals surface area contributed by atoms with Crippen LogP contribution in [0.3, 0.4) is 0 Å². The maximum absolute atomic E-state index is 12.9. The van der Waals surface area contributed by atoms with Gasteiger partial charge in [-0.1, -0.05) is 51.3 Å². The molecule has 23 heavy (non-hydrogen) atoms. The Labute approximate surface area is 139 Å². The summed E-state index contributed by atoms with van der Waals surface area (Å²) in [6.45, 7) is 5.10. The molecule has 0 atom stereocenters. The zero-order chi connectivity index (χ0) is 16.2. The van der Waals surface area contributed by atoms with E-state index in [1.165, 1.54) is 30.4 Å². The van der Waals surface area contributed by atoms with E-state index in [0.29, 0.717) is 0 Å². The van der Waals surface area contributed by atoms with E-state index >= 15 is 0 Å². The maximum atomic E-state index is 12.9. The zero-order valence-electron chi connectivity index (χ0n) is 14.3. The molecule has 1 aromatic carbocycles. The topological polar surface area (TPSA) is 32.7 Å². The van der Waals surface area contributed by atoms with Gasteiger partial charge in [0.05, 0.1) is 5.69 Å². The molecule has 1 amide bonds. The summed E-state index contributed by atoms with van der Waals surface area (Å²) < 4.78 is 0. The summed E-state index contributed by atoms with van der Waals surface area (Å²) >= 11 is 0. The summed E-state index contributed by atoms with van der Waals surface area (Å²) in [5.41, 5.74) is 4.46. The Balaban J connectivity index is 1.90. The number of amidine groups is 1. The van der Waals surface area contributed by atoms with Gasteiger partial charge in [-0.2, -0.15) is 0 Å². The number of benzene rings is 1. The van der Waals surface area contributed by atoms with Gasteiger partial charge in [0, 0.05) is 24.1 Å². The van der Waals surface area contributed by atoms with Crippen molar-refractivity contribution in [2.24, 2.45) is 4.99 Å². The predicted molar refractivity (Wildman–Crippen MR) is 95.0 cm³/mol. The maximum Gasteiger partial charge on any atom is 0.255 e. The highest BCUT2D eigenvalue weighted by molar-refractivity contribution is 6.22. The van der Waals surface area contributed by atoms with Gasteiger partial charge < -0.3 is 0 Å². The standard InChI is InChI=1S/C20H26N2O/c1-3-5-6-7-11-16-17-14-15-10-8-9-12-18(15)21-19(17)22(13-4-2)20(16)23/h8-10,12H,3-7,11,13-14H2,1-2H3. The molecule has 0 aliphatic carbocycles. The predicted octanol–water partition coefficient (Wildman–Crippen LogP) is 4.79. The molecule has 0 radical (unpaired) electrons. The largest absolute Gasteiger partial charge is 0.293 e. The summed E-state index contributed by atoms with van der Waals surface area (Å²) in [6, 6.07) is 8.25. The molecule has 3 rings (SSSR count). The van der Waals surface area contributed by atoms with Gasteiger partial charge in [0.15, 0.2) is 0 Å². The molecule has 2 aliphatic rings. The van der Waals surface area contributed by atoms with Gasteiger partial charge in [0.2, 0.25) is 0 Å². The molecule has 3 heteroatoms. The molecule has 0 saturated heterocycles. The van der Waals surface area contributed by atoms with Crippen LogP contribution in [0.15, 0.2) is 40.4 Å². The van der Waals surface area contributed by atoms with Crippen molar-refractivity contribution in [2.75, 3.05) is 6.54 Å². The van der Waals surface area contributed by atoms with E-state index in [1.807, 2.05) is 17.0 Å². The number of carbonyl (C=O) groups is 1. The molecule has 0 aromatic heterocycles. The highest BCUT2D eigenvalue weighted by Crippen LogP contribution is 2.36. The Morgan fingerprint density at radius 1 is 1.09 bits per heavy atom. The minimum atomic E-state index is 0.199. The number of hydrogen-bond donors (Lipinski definition) is 0. The third-order valence-electron chi connectivity index (χ3n) is 4.71. The molecule has 0 spiro atoms. The van der Waals surface area contributed by atoms with Crippen LogP contribution in [-0.4, -0.2) is 23.2 Å². The van der Waals surface area contributed by atoms with Crippen LogP contribution < -0.4 is 0 Å². The van der Waals surface area contributed by atoms with E-state index in [2.05, 4.69) is 26.0 Å². The first-order valence-electron chi connectivity index (χ1n) is 8.97. The minimum Gasteiger partial charge on any atom is -0.293 e. The van der Waals surface area contributed by atoms with Crippen LogP contribution in [0.5, 0.6) is 0 Å². The highest BCUT2D eigenvalue weighted by Gasteiger charge is 2.37. The van der Waals surface area contributed by atoms with E-state index in [4.69, 9.17) is 4.99 Å². The fourth-order valence-electron chi connectivity index (χ4n) is 3.49. The number of para-hydroxylation sites is 1. The van der Waals surface area contributed by atoms with Gasteiger partial charge in [-0.15, -0.1) is 0 Å². The minimum absolute atomic E-state index is 0.199. The number of unbranched alkanes of at least 4 members (excludes halogenated alkanes) is 3. The third kappa shape index (κ3) is 3.10. The monoisotopic (exact) mass is 310 g/mol. The summed E-state index contributed by atoms with van der Waals surface area (Å²) in [6.07, 6.45) is 7.49. The Morgan fingerprint density at radius 3 is 2.70 bits per heavy atom. The summed E-state index contributed by atoms with van der Waals surface area (Å²) in [4.78, 5) is 19.6. The van der Waals surface area contributed by atoms with Crippen molar-refractivity contribution in [2.45, 2.75) is 58.8 Å². The molecule has 2 aliphatic heterocycles. The lowest BCUT2D eigenvalue weighted by Crippen LogP contribution is -2.33. The van der Waals surface area contributed by atoms with Crippen molar-refractivity contribution in [1.82, 2.24) is 4.90 Å². The molecular weight excluding hydrogens is 284 g/mol. The first-order chi connectivity index (χ1) is 11.3. The Morgan fingerprint density at radius 2 is 1.91 bits per heavy atom. The lowest BCUT2D eigenvalue weighted by molar-refractivity contribution is -0.123. The molecule has 3 nitrogen and oxygen atoms in total. The van der Waals surface area contributed by atoms with E-state index in [0.717, 1.165) is 49.3 Å². The summed E-state index contributed by atoms with van der Waals surface area (Å²) in [5.74, 6) is 1.12. The molecule has 122 valence electrons. The van der Waals surface area contributed by atoms with Crippen molar-refractivity contribution in [3.63, 3.8) is 0 Å². The fraction of sp³-hybridized carbons (Fsp3) is 0.500. The van der Waals surface area contributed by atoms with Gasteiger partial charge in [0.25, 0.3) is 5.91 Å². The molecular formula is C20H26N2O. The van der Waals surface area contributed by atoms with E-state index in [-0.39, 0.29) is 5.91 Å². The number of fused-ring (bicyclic) bond motifs is 2. The molecule has 0 saturated carbocycles. The smallest absolute Gasteiger partial charge is 0.255 e. The average Bonchev–Trinajstić information content (AvgIpc) is 2.82. The lowest BCUT2D eigenvalue weighted by Gasteiger charge is -2.21. The van der Waals surface area contributed by atoms with Crippen LogP contribution in [0, 0.1) is 0 Å². The van der Waals surface area contributed by atoms with E-state index < -0.39 is 0 Å². The molecule has 0 fully saturated rings. The molecule has 0 N–H and O–H groups in total. The van der Waals surface area contributed by atoms with Crippen molar-refractivity contribution < 1.29 is 4.79 Å². The second-order valence-electron chi connectivity index (χ2n) is 6.47. The second kappa shape index (κ2) is 7.12. The van der Waals surface area contributed by atoms with E-state index in [1.54, 1.807) is 0 Å². The van der Waals surface area contributed by atoms with Crippen LogP contribution in [0.4, 0.5) is 5.69 Å². The van der Waals surface area contributed by atoms with Crippen LogP contribution in [0.2, 0.25) is 0 Å². The van der Waals surface area contributed by atoms with Gasteiger partial charge in [-0.3, -0.25) is 9.69 Å². The van der Waals surface area contributed by atoms with E-state index in [9.17, 15) is 4.79 Å². The number of nitrogens with zero attached hydrogens (tertiary/aromatic N) is 2. The molecule has 0 unspecified atom stereocenters.